The number of rotatable bonds is 5. The molecule has 0 aliphatic carbocycles. The highest BCUT2D eigenvalue weighted by molar-refractivity contribution is 5.88. The average molecular weight is 310 g/mol. The van der Waals surface area contributed by atoms with Crippen molar-refractivity contribution < 1.29 is 9.47 Å². The van der Waals surface area contributed by atoms with Gasteiger partial charge in [-0.15, -0.1) is 0 Å². The minimum Gasteiger partial charge on any atom is -0.496 e. The van der Waals surface area contributed by atoms with Gasteiger partial charge in [-0.25, -0.2) is 4.98 Å². The lowest BCUT2D eigenvalue weighted by Crippen LogP contribution is -1.99. The van der Waals surface area contributed by atoms with Crippen molar-refractivity contribution in [2.24, 2.45) is 0 Å². The van der Waals surface area contributed by atoms with Gasteiger partial charge in [-0.2, -0.15) is 0 Å². The third-order valence-electron chi connectivity index (χ3n) is 4.13. The molecule has 0 amide bonds. The molecule has 3 rings (SSSR count). The minimum absolute atomic E-state index is 0.826. The van der Waals surface area contributed by atoms with Crippen molar-refractivity contribution in [1.82, 2.24) is 9.38 Å². The Bertz CT molecular complexity index is 811. The van der Waals surface area contributed by atoms with Crippen LogP contribution < -0.4 is 9.47 Å². The Morgan fingerprint density at radius 1 is 1.04 bits per heavy atom. The van der Waals surface area contributed by atoms with Gasteiger partial charge in [0.05, 0.1) is 19.8 Å². The maximum atomic E-state index is 5.69. The molecule has 2 aromatic heterocycles. The van der Waals surface area contributed by atoms with Crippen LogP contribution >= 0.6 is 0 Å². The Morgan fingerprint density at radius 3 is 2.35 bits per heavy atom. The summed E-state index contributed by atoms with van der Waals surface area (Å²) < 4.78 is 13.4. The molecule has 0 unspecified atom stereocenters. The molecule has 3 aromatic rings. The van der Waals surface area contributed by atoms with Crippen LogP contribution in [0.3, 0.4) is 0 Å². The van der Waals surface area contributed by atoms with Crippen LogP contribution in [0.15, 0.2) is 36.8 Å². The summed E-state index contributed by atoms with van der Waals surface area (Å²) in [6, 6.07) is 6.29. The number of aryl methyl sites for hydroxylation is 2. The molecule has 0 saturated heterocycles. The number of pyridine rings is 1. The minimum atomic E-state index is 0.826. The summed E-state index contributed by atoms with van der Waals surface area (Å²) in [5.74, 6) is 1.65. The molecule has 0 aliphatic heterocycles. The molecule has 0 spiro atoms. The first-order valence-corrected chi connectivity index (χ1v) is 7.87. The van der Waals surface area contributed by atoms with Gasteiger partial charge in [-0.3, -0.25) is 0 Å². The van der Waals surface area contributed by atoms with Gasteiger partial charge in [0.25, 0.3) is 0 Å². The van der Waals surface area contributed by atoms with E-state index in [0.29, 0.717) is 0 Å². The maximum Gasteiger partial charge on any atom is 0.145 e. The molecule has 120 valence electrons. The summed E-state index contributed by atoms with van der Waals surface area (Å²) in [6.45, 7) is 4.26. The highest BCUT2D eigenvalue weighted by Crippen LogP contribution is 2.42. The van der Waals surface area contributed by atoms with Crippen LogP contribution in [0.4, 0.5) is 0 Å². The summed E-state index contributed by atoms with van der Waals surface area (Å²) in [5, 5.41) is 0. The number of imidazole rings is 1. The number of fused-ring (bicyclic) bond motifs is 1. The largest absolute Gasteiger partial charge is 0.496 e. The molecule has 0 bridgehead atoms. The molecule has 0 saturated carbocycles. The first-order chi connectivity index (χ1) is 11.2. The molecule has 2 heterocycles. The van der Waals surface area contributed by atoms with E-state index in [-0.39, 0.29) is 0 Å². The molecule has 1 aromatic carbocycles. The van der Waals surface area contributed by atoms with Gasteiger partial charge in [0.15, 0.2) is 0 Å². The van der Waals surface area contributed by atoms with Crippen molar-refractivity contribution >= 4 is 5.65 Å². The smallest absolute Gasteiger partial charge is 0.145 e. The van der Waals surface area contributed by atoms with E-state index in [1.165, 1.54) is 5.56 Å². The molecule has 0 atom stereocenters. The van der Waals surface area contributed by atoms with Gasteiger partial charge in [0, 0.05) is 24.2 Å². The number of aromatic nitrogens is 2. The molecule has 4 nitrogen and oxygen atoms in total. The van der Waals surface area contributed by atoms with E-state index in [2.05, 4.69) is 37.0 Å². The SMILES string of the molecule is CCCc1cc(OC)c(-c2c(C)ccn3ccnc23)c(OC)c1. The second kappa shape index (κ2) is 6.32. The summed E-state index contributed by atoms with van der Waals surface area (Å²) in [7, 11) is 3.41. The third kappa shape index (κ3) is 2.65. The van der Waals surface area contributed by atoms with Crippen molar-refractivity contribution in [3.63, 3.8) is 0 Å². The summed E-state index contributed by atoms with van der Waals surface area (Å²) in [5.41, 5.74) is 5.28. The highest BCUT2D eigenvalue weighted by atomic mass is 16.5. The van der Waals surface area contributed by atoms with Crippen molar-refractivity contribution in [1.29, 1.82) is 0 Å². The zero-order valence-corrected chi connectivity index (χ0v) is 14.1. The van der Waals surface area contributed by atoms with E-state index >= 15 is 0 Å². The lowest BCUT2D eigenvalue weighted by atomic mass is 9.97. The molecule has 0 aliphatic rings. The molecule has 0 radical (unpaired) electrons. The Morgan fingerprint density at radius 2 is 1.74 bits per heavy atom. The molecular weight excluding hydrogens is 288 g/mol. The standard InChI is InChI=1S/C19H22N2O2/c1-5-6-14-11-15(22-3)18(16(12-14)23-4)17-13(2)7-9-21-10-8-20-19(17)21/h7-12H,5-6H2,1-4H3. The first kappa shape index (κ1) is 15.4. The van der Waals surface area contributed by atoms with Crippen LogP contribution in [0, 0.1) is 6.92 Å². The van der Waals surface area contributed by atoms with Gasteiger partial charge in [-0.05, 0) is 42.7 Å². The third-order valence-corrected chi connectivity index (χ3v) is 4.13. The van der Waals surface area contributed by atoms with Gasteiger partial charge in [0.1, 0.15) is 17.1 Å². The van der Waals surface area contributed by atoms with Gasteiger partial charge >= 0.3 is 0 Å². The quantitative estimate of drug-likeness (QED) is 0.705. The van der Waals surface area contributed by atoms with Crippen LogP contribution in [0.5, 0.6) is 11.5 Å². The van der Waals surface area contributed by atoms with E-state index in [1.807, 2.05) is 23.0 Å². The van der Waals surface area contributed by atoms with Gasteiger partial charge < -0.3 is 13.9 Å². The molecule has 4 heteroatoms. The molecular formula is C19H22N2O2. The second-order valence-electron chi connectivity index (χ2n) is 5.66. The monoisotopic (exact) mass is 310 g/mol. The van der Waals surface area contributed by atoms with Crippen LogP contribution in [0.2, 0.25) is 0 Å². The van der Waals surface area contributed by atoms with E-state index in [9.17, 15) is 0 Å². The maximum absolute atomic E-state index is 5.69. The molecule has 0 fully saturated rings. The second-order valence-corrected chi connectivity index (χ2v) is 5.66. The number of ether oxygens (including phenoxy) is 2. The summed E-state index contributed by atoms with van der Waals surface area (Å²) >= 11 is 0. The van der Waals surface area contributed by atoms with Crippen molar-refractivity contribution in [2.45, 2.75) is 26.7 Å². The van der Waals surface area contributed by atoms with E-state index in [0.717, 1.165) is 46.7 Å². The van der Waals surface area contributed by atoms with E-state index < -0.39 is 0 Å². The lowest BCUT2D eigenvalue weighted by Gasteiger charge is -2.17. The van der Waals surface area contributed by atoms with Gasteiger partial charge in [-0.1, -0.05) is 13.3 Å². The fourth-order valence-electron chi connectivity index (χ4n) is 3.03. The Balaban J connectivity index is 2.33. The van der Waals surface area contributed by atoms with Crippen LogP contribution in [0.1, 0.15) is 24.5 Å². The van der Waals surface area contributed by atoms with Crippen molar-refractivity contribution in [3.8, 4) is 22.6 Å². The van der Waals surface area contributed by atoms with Crippen LogP contribution in [-0.4, -0.2) is 23.6 Å². The number of methoxy groups -OCH3 is 2. The Hall–Kier alpha value is -2.49. The normalized spacial score (nSPS) is 11.0. The number of hydrogen-bond donors (Lipinski definition) is 0. The van der Waals surface area contributed by atoms with Crippen LogP contribution in [0.25, 0.3) is 16.8 Å². The van der Waals surface area contributed by atoms with Crippen LogP contribution in [-0.2, 0) is 6.42 Å². The predicted octanol–water partition coefficient (Wildman–Crippen LogP) is 4.28. The van der Waals surface area contributed by atoms with Crippen molar-refractivity contribution in [3.05, 3.63) is 47.9 Å². The fraction of sp³-hybridized carbons (Fsp3) is 0.316. The van der Waals surface area contributed by atoms with Crippen molar-refractivity contribution in [2.75, 3.05) is 14.2 Å². The van der Waals surface area contributed by atoms with Gasteiger partial charge in [0.2, 0.25) is 0 Å². The Labute approximate surface area is 136 Å². The highest BCUT2D eigenvalue weighted by Gasteiger charge is 2.19. The fourth-order valence-corrected chi connectivity index (χ4v) is 3.03. The number of hydrogen-bond acceptors (Lipinski definition) is 3. The molecule has 0 N–H and O–H groups in total. The lowest BCUT2D eigenvalue weighted by molar-refractivity contribution is 0.396. The first-order valence-electron chi connectivity index (χ1n) is 7.87. The summed E-state index contributed by atoms with van der Waals surface area (Å²) in [4.78, 5) is 4.52. The number of benzene rings is 1. The molecule has 23 heavy (non-hydrogen) atoms. The predicted molar refractivity (Wildman–Crippen MR) is 92.5 cm³/mol. The van der Waals surface area contributed by atoms with E-state index in [1.54, 1.807) is 14.2 Å². The Kier molecular flexibility index (Phi) is 4.24. The van der Waals surface area contributed by atoms with E-state index in [4.69, 9.17) is 9.47 Å². The zero-order valence-electron chi connectivity index (χ0n) is 14.1. The summed E-state index contributed by atoms with van der Waals surface area (Å²) in [6.07, 6.45) is 7.86. The topological polar surface area (TPSA) is 35.8 Å². The number of nitrogens with zero attached hydrogens (tertiary/aromatic N) is 2. The average Bonchev–Trinajstić information content (AvgIpc) is 3.03. The zero-order chi connectivity index (χ0) is 16.4.